The summed E-state index contributed by atoms with van der Waals surface area (Å²) < 4.78 is 5.21. The molecule has 3 rings (SSSR count). The first kappa shape index (κ1) is 18.4. The number of urea groups is 1. The number of imide groups is 1. The summed E-state index contributed by atoms with van der Waals surface area (Å²) in [6.07, 6.45) is 2.21. The molecule has 26 heavy (non-hydrogen) atoms. The van der Waals surface area contributed by atoms with Crippen LogP contribution in [-0.2, 0) is 20.9 Å². The van der Waals surface area contributed by atoms with Crippen molar-refractivity contribution < 1.29 is 19.1 Å². The summed E-state index contributed by atoms with van der Waals surface area (Å²) in [5, 5.41) is 2.86. The van der Waals surface area contributed by atoms with Crippen LogP contribution in [0.1, 0.15) is 45.6 Å². The second kappa shape index (κ2) is 6.74. The Morgan fingerprint density at radius 3 is 2.58 bits per heavy atom. The number of nitrogens with one attached hydrogen (secondary N) is 1. The molecule has 1 heterocycles. The van der Waals surface area contributed by atoms with Gasteiger partial charge < -0.3 is 10.1 Å². The second-order valence-electron chi connectivity index (χ2n) is 8.40. The molecule has 1 aromatic carbocycles. The van der Waals surface area contributed by atoms with Gasteiger partial charge in [0.1, 0.15) is 18.7 Å². The van der Waals surface area contributed by atoms with E-state index in [1.54, 1.807) is 0 Å². The van der Waals surface area contributed by atoms with Crippen LogP contribution in [0.25, 0.3) is 0 Å². The first-order valence-electron chi connectivity index (χ1n) is 9.04. The van der Waals surface area contributed by atoms with Crippen molar-refractivity contribution in [3.05, 3.63) is 35.9 Å². The number of nitrogens with zero attached hydrogens (tertiary/aromatic N) is 1. The van der Waals surface area contributed by atoms with E-state index in [4.69, 9.17) is 4.74 Å². The van der Waals surface area contributed by atoms with Crippen LogP contribution >= 0.6 is 0 Å². The number of hydrogen-bond acceptors (Lipinski definition) is 4. The highest BCUT2D eigenvalue weighted by Gasteiger charge is 2.56. The lowest BCUT2D eigenvalue weighted by molar-refractivity contribution is -0.149. The van der Waals surface area contributed by atoms with E-state index in [0.717, 1.165) is 16.9 Å². The first-order chi connectivity index (χ1) is 12.2. The van der Waals surface area contributed by atoms with Crippen molar-refractivity contribution in [2.45, 2.75) is 52.2 Å². The number of amides is 3. The summed E-state index contributed by atoms with van der Waals surface area (Å²) in [5.74, 6) is -0.565. The Bertz CT molecular complexity index is 716. The number of benzene rings is 1. The molecule has 1 aliphatic heterocycles. The molecule has 2 atom stereocenters. The molecular weight excluding hydrogens is 332 g/mol. The van der Waals surface area contributed by atoms with Gasteiger partial charge in [-0.2, -0.15) is 0 Å². The zero-order chi connectivity index (χ0) is 18.9. The van der Waals surface area contributed by atoms with E-state index in [1.165, 1.54) is 0 Å². The molecule has 2 aliphatic rings. The minimum absolute atomic E-state index is 0.0373. The highest BCUT2D eigenvalue weighted by molar-refractivity contribution is 6.08. The average Bonchev–Trinajstić information content (AvgIpc) is 2.75. The van der Waals surface area contributed by atoms with Gasteiger partial charge in [-0.15, -0.1) is 0 Å². The molecule has 1 saturated heterocycles. The van der Waals surface area contributed by atoms with Gasteiger partial charge in [0.05, 0.1) is 0 Å². The minimum Gasteiger partial charge on any atom is -0.459 e. The summed E-state index contributed by atoms with van der Waals surface area (Å²) in [5.41, 5.74) is -0.0695. The molecule has 1 spiro atoms. The highest BCUT2D eigenvalue weighted by atomic mass is 16.5. The molecular formula is C20H26N2O4. The molecule has 0 unspecified atom stereocenters. The third-order valence-corrected chi connectivity index (χ3v) is 5.15. The van der Waals surface area contributed by atoms with Gasteiger partial charge in [0, 0.05) is 0 Å². The van der Waals surface area contributed by atoms with E-state index >= 15 is 0 Å². The van der Waals surface area contributed by atoms with E-state index in [1.807, 2.05) is 30.3 Å². The van der Waals surface area contributed by atoms with Crippen molar-refractivity contribution in [3.8, 4) is 0 Å². The van der Waals surface area contributed by atoms with Crippen LogP contribution < -0.4 is 5.32 Å². The maximum atomic E-state index is 13.0. The third kappa shape index (κ3) is 3.74. The molecule has 2 fully saturated rings. The van der Waals surface area contributed by atoms with E-state index in [-0.39, 0.29) is 24.5 Å². The van der Waals surface area contributed by atoms with Gasteiger partial charge in [-0.3, -0.25) is 14.5 Å². The minimum atomic E-state index is -0.891. The molecule has 6 heteroatoms. The van der Waals surface area contributed by atoms with Gasteiger partial charge in [0.15, 0.2) is 0 Å². The Labute approximate surface area is 153 Å². The SMILES string of the molecule is C[C@H]1CC(C)(C)C[C@]2(C1)NC(=O)N(CC(=O)OCc1ccccc1)C2=O. The summed E-state index contributed by atoms with van der Waals surface area (Å²) in [7, 11) is 0. The van der Waals surface area contributed by atoms with Crippen molar-refractivity contribution in [1.29, 1.82) is 0 Å². The van der Waals surface area contributed by atoms with Crippen molar-refractivity contribution in [3.63, 3.8) is 0 Å². The highest BCUT2D eigenvalue weighted by Crippen LogP contribution is 2.46. The summed E-state index contributed by atoms with van der Waals surface area (Å²) in [4.78, 5) is 38.5. The zero-order valence-corrected chi connectivity index (χ0v) is 15.6. The normalized spacial score (nSPS) is 27.5. The fourth-order valence-corrected chi connectivity index (χ4v) is 4.56. The number of carbonyl (C=O) groups is 3. The lowest BCUT2D eigenvalue weighted by Crippen LogP contribution is -2.54. The average molecular weight is 358 g/mol. The summed E-state index contributed by atoms with van der Waals surface area (Å²) in [6, 6.07) is 8.79. The van der Waals surface area contributed by atoms with Crippen LogP contribution in [0.3, 0.4) is 0 Å². The predicted octanol–water partition coefficient (Wildman–Crippen LogP) is 2.87. The summed E-state index contributed by atoms with van der Waals surface area (Å²) >= 11 is 0. The molecule has 0 radical (unpaired) electrons. The predicted molar refractivity (Wildman–Crippen MR) is 96.0 cm³/mol. The second-order valence-corrected chi connectivity index (χ2v) is 8.40. The lowest BCUT2D eigenvalue weighted by Gasteiger charge is -2.43. The van der Waals surface area contributed by atoms with Crippen molar-refractivity contribution in [2.75, 3.05) is 6.54 Å². The lowest BCUT2D eigenvalue weighted by atomic mass is 9.64. The maximum absolute atomic E-state index is 13.0. The van der Waals surface area contributed by atoms with Crippen molar-refractivity contribution >= 4 is 17.9 Å². The van der Waals surface area contributed by atoms with Gasteiger partial charge in [0.25, 0.3) is 5.91 Å². The Morgan fingerprint density at radius 2 is 1.92 bits per heavy atom. The Kier molecular flexibility index (Phi) is 4.78. The number of ether oxygens (including phenoxy) is 1. The fourth-order valence-electron chi connectivity index (χ4n) is 4.56. The largest absolute Gasteiger partial charge is 0.459 e. The van der Waals surface area contributed by atoms with Crippen LogP contribution in [-0.4, -0.2) is 34.9 Å². The Hall–Kier alpha value is -2.37. The van der Waals surface area contributed by atoms with Crippen LogP contribution in [0.5, 0.6) is 0 Å². The maximum Gasteiger partial charge on any atom is 0.326 e. The smallest absolute Gasteiger partial charge is 0.326 e. The molecule has 1 saturated carbocycles. The van der Waals surface area contributed by atoms with E-state index in [0.29, 0.717) is 18.8 Å². The Morgan fingerprint density at radius 1 is 1.23 bits per heavy atom. The number of carbonyl (C=O) groups excluding carboxylic acids is 3. The van der Waals surface area contributed by atoms with Gasteiger partial charge in [-0.25, -0.2) is 4.79 Å². The fraction of sp³-hybridized carbons (Fsp3) is 0.550. The van der Waals surface area contributed by atoms with Crippen LogP contribution in [0.2, 0.25) is 0 Å². The molecule has 0 aromatic heterocycles. The molecule has 1 aromatic rings. The van der Waals surface area contributed by atoms with E-state index in [9.17, 15) is 14.4 Å². The standard InChI is InChI=1S/C20H26N2O4/c1-14-9-19(2,3)13-20(10-14)17(24)22(18(25)21-20)11-16(23)26-12-15-7-5-4-6-8-15/h4-8,14H,9-13H2,1-3H3,(H,21,25)/t14-,20-/m0/s1. The molecule has 0 bridgehead atoms. The topological polar surface area (TPSA) is 75.7 Å². The van der Waals surface area contributed by atoms with Gasteiger partial charge >= 0.3 is 12.0 Å². The van der Waals surface area contributed by atoms with Crippen molar-refractivity contribution in [1.82, 2.24) is 10.2 Å². The van der Waals surface area contributed by atoms with Crippen LogP contribution in [0.15, 0.2) is 30.3 Å². The number of esters is 1. The zero-order valence-electron chi connectivity index (χ0n) is 15.6. The molecule has 3 amide bonds. The summed E-state index contributed by atoms with van der Waals surface area (Å²) in [6.45, 7) is 6.09. The molecule has 1 N–H and O–H groups in total. The number of rotatable bonds is 4. The van der Waals surface area contributed by atoms with Crippen molar-refractivity contribution in [2.24, 2.45) is 11.3 Å². The third-order valence-electron chi connectivity index (χ3n) is 5.15. The molecule has 1 aliphatic carbocycles. The van der Waals surface area contributed by atoms with Crippen LogP contribution in [0.4, 0.5) is 4.79 Å². The number of hydrogen-bond donors (Lipinski definition) is 1. The van der Waals surface area contributed by atoms with Gasteiger partial charge in [0.2, 0.25) is 0 Å². The van der Waals surface area contributed by atoms with Gasteiger partial charge in [-0.1, -0.05) is 51.1 Å². The van der Waals surface area contributed by atoms with E-state index in [2.05, 4.69) is 26.1 Å². The Balaban J connectivity index is 1.65. The van der Waals surface area contributed by atoms with Gasteiger partial charge in [-0.05, 0) is 36.2 Å². The van der Waals surface area contributed by atoms with E-state index < -0.39 is 17.5 Å². The quantitative estimate of drug-likeness (QED) is 0.663. The molecule has 6 nitrogen and oxygen atoms in total. The first-order valence-corrected chi connectivity index (χ1v) is 9.04. The van der Waals surface area contributed by atoms with Crippen LogP contribution in [0, 0.1) is 11.3 Å². The molecule has 140 valence electrons. The monoisotopic (exact) mass is 358 g/mol.